The second-order valence-electron chi connectivity index (χ2n) is 11.1. The van der Waals surface area contributed by atoms with Gasteiger partial charge in [0.1, 0.15) is 17.7 Å². The molecular weight excluding hydrogens is 460 g/mol. The molecule has 0 radical (unpaired) electrons. The number of carbonyl (C=O) groups is 4. The minimum atomic E-state index is -1.32. The van der Waals surface area contributed by atoms with Gasteiger partial charge in [-0.1, -0.05) is 25.1 Å². The summed E-state index contributed by atoms with van der Waals surface area (Å²) in [5.41, 5.74) is 6.32. The van der Waals surface area contributed by atoms with Gasteiger partial charge in [-0.25, -0.2) is 4.79 Å². The first-order valence-corrected chi connectivity index (χ1v) is 12.4. The number of aryl methyl sites for hydroxylation is 1. The van der Waals surface area contributed by atoms with Crippen molar-refractivity contribution < 1.29 is 23.9 Å². The van der Waals surface area contributed by atoms with Crippen molar-refractivity contribution in [3.8, 4) is 0 Å². The highest BCUT2D eigenvalue weighted by molar-refractivity contribution is 5.95. The molecule has 2 atom stereocenters. The van der Waals surface area contributed by atoms with E-state index in [9.17, 15) is 19.2 Å². The molecule has 0 aliphatic carbocycles. The molecule has 202 valence electrons. The van der Waals surface area contributed by atoms with Crippen LogP contribution in [0.2, 0.25) is 0 Å². The third kappa shape index (κ3) is 8.53. The van der Waals surface area contributed by atoms with Crippen molar-refractivity contribution in [3.63, 3.8) is 0 Å². The highest BCUT2D eigenvalue weighted by atomic mass is 16.6. The summed E-state index contributed by atoms with van der Waals surface area (Å²) in [5.74, 6) is -1.73. The number of rotatable bonds is 10. The van der Waals surface area contributed by atoms with E-state index in [0.29, 0.717) is 12.0 Å². The number of nitrogens with zero attached hydrogens (tertiary/aromatic N) is 1. The van der Waals surface area contributed by atoms with Gasteiger partial charge in [0.15, 0.2) is 0 Å². The summed E-state index contributed by atoms with van der Waals surface area (Å²) in [7, 11) is 0. The first kappa shape index (κ1) is 30.9. The van der Waals surface area contributed by atoms with Crippen LogP contribution in [0.25, 0.3) is 0 Å². The van der Waals surface area contributed by atoms with E-state index in [-0.39, 0.29) is 11.9 Å². The van der Waals surface area contributed by atoms with E-state index in [1.54, 1.807) is 20.8 Å². The number of nitrogens with two attached hydrogens (primary N) is 1. The molecule has 0 aliphatic heterocycles. The summed E-state index contributed by atoms with van der Waals surface area (Å²) < 4.78 is 5.32. The zero-order valence-electron chi connectivity index (χ0n) is 23.4. The van der Waals surface area contributed by atoms with Gasteiger partial charge in [0.2, 0.25) is 17.7 Å². The lowest BCUT2D eigenvalue weighted by molar-refractivity contribution is -0.150. The number of hydrogen-bond donors (Lipinski definition) is 3. The van der Waals surface area contributed by atoms with Gasteiger partial charge in [0.25, 0.3) is 0 Å². The SMILES string of the molecule is CCC(C)(C)N(C(=O)C(CC(N)=O)NC(=O)OC(C)(C)C)C(C(=O)NC(C)C)c1cccc(C)c1C. The number of nitrogens with one attached hydrogen (secondary N) is 2. The van der Waals surface area contributed by atoms with Gasteiger partial charge >= 0.3 is 6.09 Å². The van der Waals surface area contributed by atoms with Crippen LogP contribution in [-0.4, -0.2) is 51.9 Å². The molecule has 1 aromatic carbocycles. The predicted molar refractivity (Wildman–Crippen MR) is 140 cm³/mol. The lowest BCUT2D eigenvalue weighted by atomic mass is 9.89. The fourth-order valence-corrected chi connectivity index (χ4v) is 3.80. The molecule has 1 aromatic rings. The maximum Gasteiger partial charge on any atom is 0.408 e. The lowest BCUT2D eigenvalue weighted by Crippen LogP contribution is -2.60. The van der Waals surface area contributed by atoms with Crippen molar-refractivity contribution in [1.29, 1.82) is 0 Å². The van der Waals surface area contributed by atoms with Crippen LogP contribution in [0.5, 0.6) is 0 Å². The summed E-state index contributed by atoms with van der Waals surface area (Å²) in [5, 5.41) is 5.44. The van der Waals surface area contributed by atoms with E-state index < -0.39 is 47.6 Å². The predicted octanol–water partition coefficient (Wildman–Crippen LogP) is 3.66. The van der Waals surface area contributed by atoms with Crippen molar-refractivity contribution in [2.75, 3.05) is 0 Å². The summed E-state index contributed by atoms with van der Waals surface area (Å²) >= 11 is 0. The second-order valence-corrected chi connectivity index (χ2v) is 11.1. The van der Waals surface area contributed by atoms with Crippen molar-refractivity contribution in [1.82, 2.24) is 15.5 Å². The monoisotopic (exact) mass is 504 g/mol. The van der Waals surface area contributed by atoms with Gasteiger partial charge in [-0.3, -0.25) is 14.4 Å². The smallest absolute Gasteiger partial charge is 0.408 e. The van der Waals surface area contributed by atoms with Crippen LogP contribution in [0.3, 0.4) is 0 Å². The van der Waals surface area contributed by atoms with Gasteiger partial charge in [0, 0.05) is 11.6 Å². The topological polar surface area (TPSA) is 131 Å². The number of alkyl carbamates (subject to hydrolysis) is 1. The Balaban J connectivity index is 3.74. The van der Waals surface area contributed by atoms with E-state index in [0.717, 1.165) is 11.1 Å². The molecule has 36 heavy (non-hydrogen) atoms. The van der Waals surface area contributed by atoms with Gasteiger partial charge in [-0.05, 0) is 85.4 Å². The van der Waals surface area contributed by atoms with E-state index in [1.165, 1.54) is 4.90 Å². The lowest BCUT2D eigenvalue weighted by Gasteiger charge is -2.45. The van der Waals surface area contributed by atoms with Crippen LogP contribution in [0.4, 0.5) is 4.79 Å². The Bertz CT molecular complexity index is 965. The minimum absolute atomic E-state index is 0.173. The number of ether oxygens (including phenoxy) is 1. The Morgan fingerprint density at radius 1 is 1.03 bits per heavy atom. The average Bonchev–Trinajstić information content (AvgIpc) is 2.71. The van der Waals surface area contributed by atoms with Crippen molar-refractivity contribution in [2.45, 2.75) is 111 Å². The van der Waals surface area contributed by atoms with Crippen LogP contribution in [-0.2, 0) is 19.1 Å². The molecule has 0 heterocycles. The van der Waals surface area contributed by atoms with Crippen LogP contribution in [0.1, 0.15) is 91.0 Å². The van der Waals surface area contributed by atoms with Crippen molar-refractivity contribution in [2.24, 2.45) is 5.73 Å². The fourth-order valence-electron chi connectivity index (χ4n) is 3.80. The third-order valence-electron chi connectivity index (χ3n) is 6.03. The normalized spacial score (nSPS) is 13.5. The summed E-state index contributed by atoms with van der Waals surface area (Å²) in [6.45, 7) is 18.2. The highest BCUT2D eigenvalue weighted by Crippen LogP contribution is 2.34. The molecule has 0 saturated carbocycles. The Hall–Kier alpha value is -3.10. The van der Waals surface area contributed by atoms with E-state index in [4.69, 9.17) is 10.5 Å². The molecule has 0 aliphatic rings. The molecule has 0 saturated heterocycles. The molecule has 0 spiro atoms. The van der Waals surface area contributed by atoms with Crippen LogP contribution < -0.4 is 16.4 Å². The Morgan fingerprint density at radius 3 is 2.08 bits per heavy atom. The molecule has 0 bridgehead atoms. The van der Waals surface area contributed by atoms with E-state index >= 15 is 0 Å². The molecule has 0 aromatic heterocycles. The van der Waals surface area contributed by atoms with E-state index in [1.807, 2.05) is 66.7 Å². The summed E-state index contributed by atoms with van der Waals surface area (Å²) in [4.78, 5) is 53.8. The Labute approximate surface area is 215 Å². The Kier molecular flexibility index (Phi) is 10.5. The largest absolute Gasteiger partial charge is 0.444 e. The third-order valence-corrected chi connectivity index (χ3v) is 6.03. The minimum Gasteiger partial charge on any atom is -0.444 e. The Morgan fingerprint density at radius 2 is 1.61 bits per heavy atom. The fraction of sp³-hybridized carbons (Fsp3) is 0.630. The number of amides is 4. The maximum atomic E-state index is 14.2. The van der Waals surface area contributed by atoms with Crippen LogP contribution in [0.15, 0.2) is 18.2 Å². The molecule has 4 amide bonds. The highest BCUT2D eigenvalue weighted by Gasteiger charge is 2.44. The summed E-state index contributed by atoms with van der Waals surface area (Å²) in [6, 6.07) is 3.10. The molecule has 2 unspecified atom stereocenters. The van der Waals surface area contributed by atoms with E-state index in [2.05, 4.69) is 10.6 Å². The number of hydrogen-bond acceptors (Lipinski definition) is 5. The molecule has 4 N–H and O–H groups in total. The van der Waals surface area contributed by atoms with Gasteiger partial charge < -0.3 is 26.0 Å². The first-order valence-electron chi connectivity index (χ1n) is 12.4. The quantitative estimate of drug-likeness (QED) is 0.448. The second kappa shape index (κ2) is 12.2. The van der Waals surface area contributed by atoms with Crippen molar-refractivity contribution >= 4 is 23.8 Å². The average molecular weight is 505 g/mol. The molecule has 9 nitrogen and oxygen atoms in total. The number of benzene rings is 1. The zero-order chi connectivity index (χ0) is 28.0. The summed E-state index contributed by atoms with van der Waals surface area (Å²) in [6.07, 6.45) is -0.795. The maximum absolute atomic E-state index is 14.2. The van der Waals surface area contributed by atoms with Gasteiger partial charge in [-0.15, -0.1) is 0 Å². The van der Waals surface area contributed by atoms with Crippen molar-refractivity contribution in [3.05, 3.63) is 34.9 Å². The molecule has 9 heteroatoms. The van der Waals surface area contributed by atoms with Crippen LogP contribution >= 0.6 is 0 Å². The first-order chi connectivity index (χ1) is 16.4. The molecular formula is C27H44N4O5. The van der Waals surface area contributed by atoms with Crippen LogP contribution in [0, 0.1) is 13.8 Å². The van der Waals surface area contributed by atoms with Gasteiger partial charge in [0.05, 0.1) is 6.42 Å². The van der Waals surface area contributed by atoms with Gasteiger partial charge in [-0.2, -0.15) is 0 Å². The molecule has 0 fully saturated rings. The standard InChI is InChI=1S/C27H44N4O5/c1-11-27(9,10)31(24(34)20(15-21(28)32)30-25(35)36-26(6,7)8)22(23(33)29-16(2)3)19-14-12-13-17(4)18(19)5/h12-14,16,20,22H,11,15H2,1-10H3,(H2,28,32)(H,29,33)(H,30,35). The number of carbonyl (C=O) groups excluding carboxylic acids is 4. The zero-order valence-corrected chi connectivity index (χ0v) is 23.4. The number of primary amides is 1. The molecule has 1 rings (SSSR count).